The molecule has 0 unspecified atom stereocenters. The lowest BCUT2D eigenvalue weighted by atomic mass is 10.0. The lowest BCUT2D eigenvalue weighted by molar-refractivity contribution is -0.135. The fraction of sp³-hybridized carbons (Fsp3) is 0.111. The van der Waals surface area contributed by atoms with Gasteiger partial charge in [0.2, 0.25) is 0 Å². The van der Waals surface area contributed by atoms with E-state index >= 15 is 0 Å². The molecule has 2 aromatic carbocycles. The van der Waals surface area contributed by atoms with Gasteiger partial charge in [-0.25, -0.2) is 0 Å². The second-order valence-electron chi connectivity index (χ2n) is 5.40. The summed E-state index contributed by atoms with van der Waals surface area (Å²) in [5, 5.41) is 3.75. The molecule has 2 amide bonds. The van der Waals surface area contributed by atoms with Crippen LogP contribution in [0.5, 0.6) is 5.75 Å². The van der Waals surface area contributed by atoms with Gasteiger partial charge < -0.3 is 10.1 Å². The number of likely N-dealkylation sites (N-methyl/N-ethyl adjacent to an activating group) is 1. The van der Waals surface area contributed by atoms with E-state index in [1.54, 1.807) is 43.5 Å². The first-order valence-corrected chi connectivity index (χ1v) is 8.11. The summed E-state index contributed by atoms with van der Waals surface area (Å²) in [4.78, 5) is 26.1. The van der Waals surface area contributed by atoms with Gasteiger partial charge in [-0.1, -0.05) is 35.3 Å². The van der Waals surface area contributed by atoms with Crippen molar-refractivity contribution in [1.82, 2.24) is 4.90 Å². The third-order valence-electron chi connectivity index (χ3n) is 3.83. The lowest BCUT2D eigenvalue weighted by Gasteiger charge is -2.10. The molecule has 1 aliphatic heterocycles. The van der Waals surface area contributed by atoms with Crippen molar-refractivity contribution in [2.75, 3.05) is 19.5 Å². The Balaban J connectivity index is 2.11. The summed E-state index contributed by atoms with van der Waals surface area (Å²) in [6.07, 6.45) is 0. The summed E-state index contributed by atoms with van der Waals surface area (Å²) in [5.74, 6) is -0.241. The van der Waals surface area contributed by atoms with Crippen molar-refractivity contribution < 1.29 is 14.3 Å². The minimum atomic E-state index is -0.436. The van der Waals surface area contributed by atoms with E-state index in [4.69, 9.17) is 27.9 Å². The van der Waals surface area contributed by atoms with Crippen molar-refractivity contribution in [1.29, 1.82) is 0 Å². The highest BCUT2D eigenvalue weighted by Crippen LogP contribution is 2.35. The maximum atomic E-state index is 12.6. The normalized spacial score (nSPS) is 14.3. The van der Waals surface area contributed by atoms with Crippen molar-refractivity contribution in [2.24, 2.45) is 0 Å². The molecule has 0 spiro atoms. The van der Waals surface area contributed by atoms with Gasteiger partial charge >= 0.3 is 0 Å². The Kier molecular flexibility index (Phi) is 4.70. The van der Waals surface area contributed by atoms with Crippen LogP contribution in [0.1, 0.15) is 5.56 Å². The number of hydrogen-bond donors (Lipinski definition) is 1. The number of nitrogens with one attached hydrogen (secondary N) is 1. The Labute approximate surface area is 154 Å². The predicted molar refractivity (Wildman–Crippen MR) is 97.8 cm³/mol. The molecule has 1 N–H and O–H groups in total. The van der Waals surface area contributed by atoms with E-state index in [0.29, 0.717) is 27.0 Å². The largest absolute Gasteiger partial charge is 0.497 e. The molecule has 0 atom stereocenters. The standard InChI is InChI=1S/C18H14Cl2N2O3/c1-22-17(23)15(13-7-6-10(19)8-14(13)20)16(18(22)24)21-11-4-3-5-12(9-11)25-2/h3-9,21H,1-2H3. The molecule has 128 valence electrons. The van der Waals surface area contributed by atoms with Crippen molar-refractivity contribution in [2.45, 2.75) is 0 Å². The van der Waals surface area contributed by atoms with Crippen LogP contribution in [0.4, 0.5) is 5.69 Å². The number of amides is 2. The molecule has 0 aromatic heterocycles. The number of halogens is 2. The smallest absolute Gasteiger partial charge is 0.277 e. The minimum absolute atomic E-state index is 0.157. The Bertz CT molecular complexity index is 909. The fourth-order valence-electron chi connectivity index (χ4n) is 2.54. The summed E-state index contributed by atoms with van der Waals surface area (Å²) in [5.41, 5.74) is 1.43. The second kappa shape index (κ2) is 6.78. The summed E-state index contributed by atoms with van der Waals surface area (Å²) >= 11 is 12.2. The molecule has 5 nitrogen and oxygen atoms in total. The van der Waals surface area contributed by atoms with E-state index in [9.17, 15) is 9.59 Å². The van der Waals surface area contributed by atoms with Gasteiger partial charge in [0.1, 0.15) is 11.4 Å². The van der Waals surface area contributed by atoms with Crippen molar-refractivity contribution in [3.63, 3.8) is 0 Å². The van der Waals surface area contributed by atoms with Gasteiger partial charge in [0, 0.05) is 29.4 Å². The molecule has 0 fully saturated rings. The molecule has 0 saturated heterocycles. The number of imide groups is 1. The average Bonchev–Trinajstić information content (AvgIpc) is 2.80. The van der Waals surface area contributed by atoms with Crippen LogP contribution in [0.25, 0.3) is 5.57 Å². The van der Waals surface area contributed by atoms with Crippen LogP contribution in [0.2, 0.25) is 10.0 Å². The number of carbonyl (C=O) groups excluding carboxylic acids is 2. The minimum Gasteiger partial charge on any atom is -0.497 e. The van der Waals surface area contributed by atoms with Crippen molar-refractivity contribution in [3.05, 3.63) is 63.8 Å². The van der Waals surface area contributed by atoms with Crippen LogP contribution >= 0.6 is 23.2 Å². The zero-order valence-corrected chi connectivity index (χ0v) is 15.0. The first kappa shape index (κ1) is 17.3. The highest BCUT2D eigenvalue weighted by Gasteiger charge is 2.37. The summed E-state index contributed by atoms with van der Waals surface area (Å²) in [6, 6.07) is 11.8. The molecule has 7 heteroatoms. The van der Waals surface area contributed by atoms with Crippen LogP contribution in [0.15, 0.2) is 48.2 Å². The van der Waals surface area contributed by atoms with Gasteiger partial charge in [0.25, 0.3) is 11.8 Å². The number of carbonyl (C=O) groups is 2. The molecule has 0 saturated carbocycles. The molecule has 0 radical (unpaired) electrons. The highest BCUT2D eigenvalue weighted by atomic mass is 35.5. The Morgan fingerprint density at radius 3 is 2.48 bits per heavy atom. The number of nitrogens with zero attached hydrogens (tertiary/aromatic N) is 1. The molecular weight excluding hydrogens is 363 g/mol. The molecule has 0 bridgehead atoms. The number of methoxy groups -OCH3 is 1. The van der Waals surface area contributed by atoms with E-state index in [1.807, 2.05) is 0 Å². The average molecular weight is 377 g/mol. The number of benzene rings is 2. The number of hydrogen-bond acceptors (Lipinski definition) is 4. The molecule has 0 aliphatic carbocycles. The monoisotopic (exact) mass is 376 g/mol. The maximum absolute atomic E-state index is 12.6. The van der Waals surface area contributed by atoms with Crippen LogP contribution in [-0.4, -0.2) is 30.9 Å². The summed E-state index contributed by atoms with van der Waals surface area (Å²) < 4.78 is 5.18. The molecule has 3 rings (SSSR count). The predicted octanol–water partition coefficient (Wildman–Crippen LogP) is 3.82. The van der Waals surface area contributed by atoms with Gasteiger partial charge in [-0.15, -0.1) is 0 Å². The third-order valence-corrected chi connectivity index (χ3v) is 4.37. The first-order valence-electron chi connectivity index (χ1n) is 7.35. The van der Waals surface area contributed by atoms with Gasteiger partial charge in [0.15, 0.2) is 0 Å². The number of ether oxygens (including phenoxy) is 1. The molecule has 2 aromatic rings. The molecular formula is C18H14Cl2N2O3. The Hall–Kier alpha value is -2.50. The van der Waals surface area contributed by atoms with E-state index in [1.165, 1.54) is 13.1 Å². The van der Waals surface area contributed by atoms with E-state index < -0.39 is 11.8 Å². The van der Waals surface area contributed by atoms with E-state index in [-0.39, 0.29) is 11.3 Å². The molecule has 1 aliphatic rings. The highest BCUT2D eigenvalue weighted by molar-refractivity contribution is 6.41. The lowest BCUT2D eigenvalue weighted by Crippen LogP contribution is -2.27. The van der Waals surface area contributed by atoms with E-state index in [0.717, 1.165) is 4.90 Å². The molecule has 1 heterocycles. The number of rotatable bonds is 4. The van der Waals surface area contributed by atoms with Gasteiger partial charge in [-0.05, 0) is 24.3 Å². The Morgan fingerprint density at radius 1 is 1.04 bits per heavy atom. The number of anilines is 1. The zero-order valence-electron chi connectivity index (χ0n) is 13.5. The maximum Gasteiger partial charge on any atom is 0.277 e. The summed E-state index contributed by atoms with van der Waals surface area (Å²) in [6.45, 7) is 0. The summed E-state index contributed by atoms with van der Waals surface area (Å²) in [7, 11) is 2.98. The fourth-order valence-corrected chi connectivity index (χ4v) is 3.05. The zero-order chi connectivity index (χ0) is 18.1. The van der Waals surface area contributed by atoms with E-state index in [2.05, 4.69) is 5.32 Å². The third kappa shape index (κ3) is 3.21. The topological polar surface area (TPSA) is 58.6 Å². The quantitative estimate of drug-likeness (QED) is 0.823. The van der Waals surface area contributed by atoms with Gasteiger partial charge in [-0.3, -0.25) is 14.5 Å². The first-order chi connectivity index (χ1) is 11.9. The van der Waals surface area contributed by atoms with Crippen LogP contribution in [0.3, 0.4) is 0 Å². The van der Waals surface area contributed by atoms with Gasteiger partial charge in [0.05, 0.1) is 17.7 Å². The second-order valence-corrected chi connectivity index (χ2v) is 6.24. The van der Waals surface area contributed by atoms with Crippen LogP contribution < -0.4 is 10.1 Å². The van der Waals surface area contributed by atoms with Crippen molar-refractivity contribution >= 4 is 46.3 Å². The van der Waals surface area contributed by atoms with Crippen LogP contribution in [-0.2, 0) is 9.59 Å². The van der Waals surface area contributed by atoms with Crippen LogP contribution in [0, 0.1) is 0 Å². The Morgan fingerprint density at radius 2 is 1.80 bits per heavy atom. The van der Waals surface area contributed by atoms with Crippen molar-refractivity contribution in [3.8, 4) is 5.75 Å². The molecule has 25 heavy (non-hydrogen) atoms. The SMILES string of the molecule is COc1cccc(NC2=C(c3ccc(Cl)cc3Cl)C(=O)N(C)C2=O)c1. The van der Waals surface area contributed by atoms with Gasteiger partial charge in [-0.2, -0.15) is 0 Å².